The lowest BCUT2D eigenvalue weighted by molar-refractivity contribution is -0.120. The molecule has 0 N–H and O–H groups in total. The minimum absolute atomic E-state index is 0.0197. The molecule has 0 radical (unpaired) electrons. The number of sulfone groups is 1. The van der Waals surface area contributed by atoms with E-state index in [4.69, 9.17) is 0 Å². The highest BCUT2D eigenvalue weighted by molar-refractivity contribution is 9.10. The summed E-state index contributed by atoms with van der Waals surface area (Å²) in [5.74, 6) is -1.11. The van der Waals surface area contributed by atoms with Crippen LogP contribution in [0.15, 0.2) is 27.7 Å². The van der Waals surface area contributed by atoms with Crippen molar-refractivity contribution in [3.05, 3.63) is 28.5 Å². The van der Waals surface area contributed by atoms with Gasteiger partial charge in [-0.05, 0) is 18.2 Å². The van der Waals surface area contributed by atoms with Crippen LogP contribution in [-0.2, 0) is 14.6 Å². The second-order valence-electron chi connectivity index (χ2n) is 6.15. The van der Waals surface area contributed by atoms with E-state index in [1.807, 2.05) is 0 Å². The highest BCUT2D eigenvalue weighted by Crippen LogP contribution is 2.42. The second-order valence-corrected chi connectivity index (χ2v) is 10.4. The number of hydrogen-bond acceptors (Lipinski definition) is 4. The zero-order valence-corrected chi connectivity index (χ0v) is 16.3. The Morgan fingerprint density at radius 1 is 1.42 bits per heavy atom. The van der Waals surface area contributed by atoms with Gasteiger partial charge in [0.25, 0.3) is 5.91 Å². The van der Waals surface area contributed by atoms with Crippen LogP contribution in [0.4, 0.5) is 10.1 Å². The van der Waals surface area contributed by atoms with E-state index in [0.29, 0.717) is 9.64 Å². The van der Waals surface area contributed by atoms with Gasteiger partial charge in [-0.1, -0.05) is 41.5 Å². The molecule has 0 spiro atoms. The van der Waals surface area contributed by atoms with E-state index in [1.165, 1.54) is 17.8 Å². The first-order valence-corrected chi connectivity index (χ1v) is 10.9. The fraction of sp³-hybridized carbons (Fsp3) is 0.467. The normalized spacial score (nSPS) is 27.0. The Balaban J connectivity index is 2.06. The van der Waals surface area contributed by atoms with Crippen LogP contribution in [0.3, 0.4) is 0 Å². The monoisotopic (exact) mass is 434 g/mol. The van der Waals surface area contributed by atoms with Crippen LogP contribution in [0, 0.1) is 11.7 Å². The molecule has 0 bridgehead atoms. The SMILES string of the molecule is CC(C)C(=O)N=C1S[C@@H]2CS(=O)(=O)C[C@@H]2N1c1ccc(Br)cc1F. The molecule has 2 heterocycles. The van der Waals surface area contributed by atoms with Gasteiger partial charge in [-0.15, -0.1) is 0 Å². The Morgan fingerprint density at radius 3 is 2.75 bits per heavy atom. The van der Waals surface area contributed by atoms with E-state index in [1.54, 1.807) is 30.9 Å². The fourth-order valence-electron chi connectivity index (χ4n) is 2.75. The summed E-state index contributed by atoms with van der Waals surface area (Å²) >= 11 is 4.45. The van der Waals surface area contributed by atoms with Crippen LogP contribution in [-0.4, -0.2) is 42.3 Å². The third-order valence-corrected chi connectivity index (χ3v) is 7.64. The molecule has 2 atom stereocenters. The summed E-state index contributed by atoms with van der Waals surface area (Å²) in [5.41, 5.74) is 0.241. The number of carbonyl (C=O) groups excluding carboxylic acids is 1. The number of rotatable bonds is 2. The molecule has 3 rings (SSSR count). The number of thioether (sulfide) groups is 1. The molecule has 2 aliphatic rings. The second kappa shape index (κ2) is 6.42. The molecule has 2 aliphatic heterocycles. The first kappa shape index (κ1) is 17.9. The van der Waals surface area contributed by atoms with Gasteiger partial charge >= 0.3 is 0 Å². The predicted molar refractivity (Wildman–Crippen MR) is 97.7 cm³/mol. The number of carbonyl (C=O) groups is 1. The first-order valence-electron chi connectivity index (χ1n) is 7.42. The number of anilines is 1. The van der Waals surface area contributed by atoms with E-state index in [-0.39, 0.29) is 34.3 Å². The maximum absolute atomic E-state index is 14.5. The molecule has 5 nitrogen and oxygen atoms in total. The summed E-state index contributed by atoms with van der Waals surface area (Å²) in [6.07, 6.45) is 0. The molecule has 1 aromatic carbocycles. The van der Waals surface area contributed by atoms with Crippen molar-refractivity contribution < 1.29 is 17.6 Å². The van der Waals surface area contributed by atoms with E-state index in [2.05, 4.69) is 20.9 Å². The van der Waals surface area contributed by atoms with Gasteiger partial charge in [0.1, 0.15) is 5.82 Å². The van der Waals surface area contributed by atoms with Crippen molar-refractivity contribution in [1.82, 2.24) is 0 Å². The van der Waals surface area contributed by atoms with Gasteiger partial charge in [0, 0.05) is 15.6 Å². The highest BCUT2D eigenvalue weighted by Gasteiger charge is 2.50. The minimum Gasteiger partial charge on any atom is -0.313 e. The Kier molecular flexibility index (Phi) is 4.78. The molecule has 0 aromatic heterocycles. The standard InChI is InChI=1S/C15H16BrFN2O3S2/c1-8(2)14(20)18-15-19(11-4-3-9(16)5-10(11)17)12-6-24(21,22)7-13(12)23-15/h3-5,8,12-13H,6-7H2,1-2H3/t12-,13+/m0/s1. The zero-order chi connectivity index (χ0) is 17.6. The minimum atomic E-state index is -3.17. The molecule has 9 heteroatoms. The molecule has 1 aromatic rings. The van der Waals surface area contributed by atoms with Crippen LogP contribution < -0.4 is 4.90 Å². The van der Waals surface area contributed by atoms with Gasteiger partial charge in [0.15, 0.2) is 15.0 Å². The molecule has 2 fully saturated rings. The molecule has 0 saturated carbocycles. The van der Waals surface area contributed by atoms with Crippen molar-refractivity contribution in [2.45, 2.75) is 25.1 Å². The Hall–Kier alpha value is -0.930. The third-order valence-electron chi connectivity index (χ3n) is 3.94. The van der Waals surface area contributed by atoms with Crippen molar-refractivity contribution in [3.63, 3.8) is 0 Å². The topological polar surface area (TPSA) is 66.8 Å². The maximum Gasteiger partial charge on any atom is 0.250 e. The average molecular weight is 435 g/mol. The van der Waals surface area contributed by atoms with Crippen molar-refractivity contribution in [2.75, 3.05) is 16.4 Å². The van der Waals surface area contributed by atoms with Crippen LogP contribution in [0.1, 0.15) is 13.8 Å². The predicted octanol–water partition coefficient (Wildman–Crippen LogP) is 2.85. The van der Waals surface area contributed by atoms with Gasteiger partial charge in [-0.2, -0.15) is 4.99 Å². The Bertz CT molecular complexity index is 826. The molecule has 0 aliphatic carbocycles. The van der Waals surface area contributed by atoms with Crippen molar-refractivity contribution in [2.24, 2.45) is 10.9 Å². The van der Waals surface area contributed by atoms with Gasteiger partial charge in [-0.3, -0.25) is 4.79 Å². The summed E-state index contributed by atoms with van der Waals surface area (Å²) in [5, 5.41) is 0.136. The van der Waals surface area contributed by atoms with Crippen LogP contribution >= 0.6 is 27.7 Å². The Morgan fingerprint density at radius 2 is 2.12 bits per heavy atom. The van der Waals surface area contributed by atoms with Crippen LogP contribution in [0.2, 0.25) is 0 Å². The molecule has 0 unspecified atom stereocenters. The average Bonchev–Trinajstić information content (AvgIpc) is 2.91. The van der Waals surface area contributed by atoms with E-state index >= 15 is 0 Å². The number of nitrogens with zero attached hydrogens (tertiary/aromatic N) is 2. The summed E-state index contributed by atoms with van der Waals surface area (Å²) in [6.45, 7) is 3.48. The van der Waals surface area contributed by atoms with Crippen LogP contribution in [0.5, 0.6) is 0 Å². The quantitative estimate of drug-likeness (QED) is 0.715. The zero-order valence-electron chi connectivity index (χ0n) is 13.1. The highest BCUT2D eigenvalue weighted by atomic mass is 79.9. The van der Waals surface area contributed by atoms with Gasteiger partial charge in [-0.25, -0.2) is 12.8 Å². The number of hydrogen-bond donors (Lipinski definition) is 0. The van der Waals surface area contributed by atoms with Gasteiger partial charge in [0.2, 0.25) is 0 Å². The lowest BCUT2D eigenvalue weighted by Crippen LogP contribution is -2.38. The molecular weight excluding hydrogens is 419 g/mol. The maximum atomic E-state index is 14.5. The molecule has 130 valence electrons. The summed E-state index contributed by atoms with van der Waals surface area (Å²) in [6, 6.07) is 4.16. The van der Waals surface area contributed by atoms with Gasteiger partial charge in [0.05, 0.1) is 23.2 Å². The van der Waals surface area contributed by atoms with Crippen molar-refractivity contribution in [3.8, 4) is 0 Å². The number of amidine groups is 1. The van der Waals surface area contributed by atoms with Crippen molar-refractivity contribution >= 4 is 54.3 Å². The molecule has 24 heavy (non-hydrogen) atoms. The number of fused-ring (bicyclic) bond motifs is 1. The number of halogens is 2. The number of amides is 1. The summed E-state index contributed by atoms with van der Waals surface area (Å²) in [4.78, 5) is 17.7. The Labute approximate surface area is 152 Å². The van der Waals surface area contributed by atoms with E-state index in [0.717, 1.165) is 0 Å². The lowest BCUT2D eigenvalue weighted by Gasteiger charge is -2.25. The largest absolute Gasteiger partial charge is 0.313 e. The molecule has 2 saturated heterocycles. The number of aliphatic imine (C=N–C) groups is 1. The third kappa shape index (κ3) is 3.39. The van der Waals surface area contributed by atoms with E-state index < -0.39 is 21.7 Å². The van der Waals surface area contributed by atoms with Crippen LogP contribution in [0.25, 0.3) is 0 Å². The first-order chi connectivity index (χ1) is 11.2. The smallest absolute Gasteiger partial charge is 0.250 e. The number of benzene rings is 1. The molecule has 1 amide bonds. The lowest BCUT2D eigenvalue weighted by atomic mass is 10.2. The van der Waals surface area contributed by atoms with E-state index in [9.17, 15) is 17.6 Å². The fourth-order valence-corrected chi connectivity index (χ4v) is 6.99. The molecular formula is C15H16BrFN2O3S2. The summed E-state index contributed by atoms with van der Waals surface area (Å²) < 4.78 is 38.9. The van der Waals surface area contributed by atoms with Gasteiger partial charge < -0.3 is 4.90 Å². The summed E-state index contributed by atoms with van der Waals surface area (Å²) in [7, 11) is -3.17. The van der Waals surface area contributed by atoms with Crippen molar-refractivity contribution in [1.29, 1.82) is 0 Å².